The molecule has 0 atom stereocenters. The van der Waals surface area contributed by atoms with Gasteiger partial charge in [-0.15, -0.1) is 0 Å². The van der Waals surface area contributed by atoms with Crippen molar-refractivity contribution in [2.75, 3.05) is 6.61 Å². The summed E-state index contributed by atoms with van der Waals surface area (Å²) in [5.41, 5.74) is 0. The first-order chi connectivity index (χ1) is 7.15. The number of ether oxygens (including phenoxy) is 1. The number of halogens is 1. The van der Waals surface area contributed by atoms with E-state index in [4.69, 9.17) is 0 Å². The fourth-order valence-electron chi connectivity index (χ4n) is 0.881. The lowest BCUT2D eigenvalue weighted by Gasteiger charge is -2.11. The molecule has 0 radical (unpaired) electrons. The predicted octanol–water partition coefficient (Wildman–Crippen LogP) is 0.559. The van der Waals surface area contributed by atoms with Gasteiger partial charge in [0.2, 0.25) is 0 Å². The Bertz CT molecular complexity index is 340. The monoisotopic (exact) mass is 275 g/mol. The quantitative estimate of drug-likeness (QED) is 0.418. The van der Waals surface area contributed by atoms with E-state index in [1.54, 1.807) is 0 Å². The Labute approximate surface area is 93.6 Å². The smallest absolute Gasteiger partial charge is 0.419 e. The van der Waals surface area contributed by atoms with Gasteiger partial charge in [0, 0.05) is 28.8 Å². The highest BCUT2D eigenvalue weighted by atomic mass is 79.9. The third-order valence-corrected chi connectivity index (χ3v) is 1.78. The molecule has 1 heterocycles. The van der Waals surface area contributed by atoms with Crippen LogP contribution in [-0.4, -0.2) is 29.6 Å². The van der Waals surface area contributed by atoms with E-state index in [0.717, 1.165) is 0 Å². The largest absolute Gasteiger partial charge is 0.534 e. The molecule has 1 aliphatic rings. The van der Waals surface area contributed by atoms with Gasteiger partial charge < -0.3 is 4.74 Å². The van der Waals surface area contributed by atoms with E-state index in [2.05, 4.69) is 36.3 Å². The highest BCUT2D eigenvalue weighted by molar-refractivity contribution is 9.12. The fraction of sp³-hybridized carbons (Fsp3) is 0.375. The minimum atomic E-state index is -1.13. The molecular weight excluding hydrogens is 270 g/mol. The van der Waals surface area contributed by atoms with Crippen LogP contribution >= 0.6 is 15.9 Å². The van der Waals surface area contributed by atoms with Crippen molar-refractivity contribution in [3.63, 3.8) is 0 Å². The van der Waals surface area contributed by atoms with Gasteiger partial charge in [0.25, 0.3) is 11.8 Å². The van der Waals surface area contributed by atoms with Crippen LogP contribution in [0, 0.1) is 10.8 Å². The second-order valence-electron chi connectivity index (χ2n) is 2.48. The van der Waals surface area contributed by atoms with Gasteiger partial charge >= 0.3 is 6.16 Å². The standard InChI is InChI=1S/C8H6BrNO5/c9-4-1-5-14-8(13)15-10-6(11)2-3-7(10)12/h2-3,5H2. The van der Waals surface area contributed by atoms with E-state index in [9.17, 15) is 14.4 Å². The minimum absolute atomic E-state index is 0.0489. The van der Waals surface area contributed by atoms with Gasteiger partial charge in [0.15, 0.2) is 6.61 Å². The zero-order chi connectivity index (χ0) is 11.3. The molecule has 1 rings (SSSR count). The van der Waals surface area contributed by atoms with Crippen molar-refractivity contribution in [2.24, 2.45) is 0 Å². The van der Waals surface area contributed by atoms with Gasteiger partial charge in [-0.2, -0.15) is 0 Å². The molecule has 6 nitrogen and oxygen atoms in total. The van der Waals surface area contributed by atoms with Crippen LogP contribution in [0.4, 0.5) is 4.79 Å². The Balaban J connectivity index is 2.39. The van der Waals surface area contributed by atoms with E-state index in [1.807, 2.05) is 0 Å². The Hall–Kier alpha value is -1.55. The first-order valence-electron chi connectivity index (χ1n) is 3.94. The molecule has 0 spiro atoms. The van der Waals surface area contributed by atoms with Crippen molar-refractivity contribution in [2.45, 2.75) is 12.8 Å². The Morgan fingerprint density at radius 3 is 2.53 bits per heavy atom. The third kappa shape index (κ3) is 3.25. The zero-order valence-corrected chi connectivity index (χ0v) is 9.07. The molecule has 2 amide bonds. The third-order valence-electron chi connectivity index (χ3n) is 1.50. The van der Waals surface area contributed by atoms with Crippen molar-refractivity contribution in [1.82, 2.24) is 5.06 Å². The Kier molecular flexibility index (Phi) is 4.12. The van der Waals surface area contributed by atoms with E-state index in [0.29, 0.717) is 5.06 Å². The number of nitrogens with zero attached hydrogens (tertiary/aromatic N) is 1. The fourth-order valence-corrected chi connectivity index (χ4v) is 0.995. The van der Waals surface area contributed by atoms with E-state index in [-0.39, 0.29) is 19.4 Å². The summed E-state index contributed by atoms with van der Waals surface area (Å²) in [6.45, 7) is -0.180. The first-order valence-corrected chi connectivity index (χ1v) is 4.73. The van der Waals surface area contributed by atoms with Crippen LogP contribution < -0.4 is 0 Å². The highest BCUT2D eigenvalue weighted by Crippen LogP contribution is 2.12. The number of hydroxylamine groups is 2. The molecule has 1 saturated heterocycles. The average molecular weight is 276 g/mol. The summed E-state index contributed by atoms with van der Waals surface area (Å²) in [4.78, 5) is 39.6. The van der Waals surface area contributed by atoms with Crippen LogP contribution in [0.15, 0.2) is 0 Å². The summed E-state index contributed by atoms with van der Waals surface area (Å²) in [5, 5.41) is 0.407. The van der Waals surface area contributed by atoms with Gasteiger partial charge in [-0.05, 0) is 10.8 Å². The number of carbonyl (C=O) groups excluding carboxylic acids is 3. The summed E-state index contributed by atoms with van der Waals surface area (Å²) >= 11 is 2.79. The van der Waals surface area contributed by atoms with Crippen molar-refractivity contribution in [3.05, 3.63) is 0 Å². The molecule has 1 fully saturated rings. The summed E-state index contributed by atoms with van der Waals surface area (Å²) < 4.78 is 4.43. The molecule has 0 saturated carbocycles. The number of imide groups is 1. The second kappa shape index (κ2) is 5.36. The van der Waals surface area contributed by atoms with Crippen molar-refractivity contribution in [1.29, 1.82) is 0 Å². The van der Waals surface area contributed by atoms with Gasteiger partial charge in [0.1, 0.15) is 0 Å². The van der Waals surface area contributed by atoms with Crippen molar-refractivity contribution < 1.29 is 24.0 Å². The maximum absolute atomic E-state index is 11.0. The first kappa shape index (κ1) is 11.5. The topological polar surface area (TPSA) is 72.9 Å². The average Bonchev–Trinajstić information content (AvgIpc) is 2.50. The molecule has 15 heavy (non-hydrogen) atoms. The van der Waals surface area contributed by atoms with Gasteiger partial charge in [0.05, 0.1) is 0 Å². The minimum Gasteiger partial charge on any atom is -0.419 e. The van der Waals surface area contributed by atoms with Crippen LogP contribution in [0.3, 0.4) is 0 Å². The van der Waals surface area contributed by atoms with Crippen LogP contribution in [-0.2, 0) is 19.2 Å². The van der Waals surface area contributed by atoms with Gasteiger partial charge in [-0.3, -0.25) is 14.4 Å². The molecule has 0 aromatic heterocycles. The number of rotatable bonds is 2. The Morgan fingerprint density at radius 1 is 1.40 bits per heavy atom. The molecule has 0 aliphatic carbocycles. The lowest BCUT2D eigenvalue weighted by atomic mass is 10.4. The van der Waals surface area contributed by atoms with Crippen molar-refractivity contribution >= 4 is 33.9 Å². The normalized spacial score (nSPS) is 14.6. The summed E-state index contributed by atoms with van der Waals surface area (Å²) in [5.74, 6) is 1.28. The lowest BCUT2D eigenvalue weighted by Crippen LogP contribution is -2.32. The second-order valence-corrected chi connectivity index (χ2v) is 2.88. The maximum Gasteiger partial charge on any atom is 0.534 e. The zero-order valence-electron chi connectivity index (χ0n) is 7.49. The molecule has 0 N–H and O–H groups in total. The summed E-state index contributed by atoms with van der Waals surface area (Å²) in [6.07, 6.45) is -1.03. The molecule has 0 unspecified atom stereocenters. The maximum atomic E-state index is 11.0. The Morgan fingerprint density at radius 2 is 2.00 bits per heavy atom. The van der Waals surface area contributed by atoms with Crippen LogP contribution in [0.5, 0.6) is 0 Å². The number of hydrogen-bond acceptors (Lipinski definition) is 5. The summed E-state index contributed by atoms with van der Waals surface area (Å²) in [7, 11) is 0. The van der Waals surface area contributed by atoms with E-state index < -0.39 is 18.0 Å². The predicted molar refractivity (Wildman–Crippen MR) is 50.2 cm³/mol. The molecular formula is C8H6BrNO5. The van der Waals surface area contributed by atoms with Crippen molar-refractivity contribution in [3.8, 4) is 10.8 Å². The summed E-state index contributed by atoms with van der Waals surface area (Å²) in [6, 6.07) is 0. The molecule has 7 heteroatoms. The number of hydrogen-bond donors (Lipinski definition) is 0. The van der Waals surface area contributed by atoms with Gasteiger partial charge in [-0.25, -0.2) is 4.79 Å². The molecule has 0 aromatic rings. The number of amides is 2. The molecule has 80 valence electrons. The van der Waals surface area contributed by atoms with Gasteiger partial charge in [-0.1, -0.05) is 5.06 Å². The highest BCUT2D eigenvalue weighted by Gasteiger charge is 2.33. The van der Waals surface area contributed by atoms with Crippen LogP contribution in [0.25, 0.3) is 0 Å². The molecule has 0 aromatic carbocycles. The van der Waals surface area contributed by atoms with E-state index in [1.165, 1.54) is 0 Å². The van der Waals surface area contributed by atoms with Crippen LogP contribution in [0.2, 0.25) is 0 Å². The number of carbonyl (C=O) groups is 3. The van der Waals surface area contributed by atoms with Crippen LogP contribution in [0.1, 0.15) is 12.8 Å². The molecule has 0 bridgehead atoms. The SMILES string of the molecule is O=C(OCC#CBr)ON1C(=O)CCC1=O. The molecule has 1 aliphatic heterocycles. The van der Waals surface area contributed by atoms with E-state index >= 15 is 0 Å². The lowest BCUT2D eigenvalue weighted by molar-refractivity contribution is -0.176.